The van der Waals surface area contributed by atoms with Gasteiger partial charge in [0.1, 0.15) is 0 Å². The molecule has 4 rings (SSSR count). The van der Waals surface area contributed by atoms with Gasteiger partial charge >= 0.3 is 0 Å². The van der Waals surface area contributed by atoms with Gasteiger partial charge in [0.05, 0.1) is 42.3 Å². The number of methoxy groups -OCH3 is 1. The lowest BCUT2D eigenvalue weighted by Gasteiger charge is -2.35. The van der Waals surface area contributed by atoms with Gasteiger partial charge in [-0.2, -0.15) is 0 Å². The van der Waals surface area contributed by atoms with Crippen LogP contribution in [0.3, 0.4) is 0 Å². The second kappa shape index (κ2) is 6.29. The lowest BCUT2D eigenvalue weighted by molar-refractivity contribution is 0.0467. The summed E-state index contributed by atoms with van der Waals surface area (Å²) in [5.41, 5.74) is 3.61. The van der Waals surface area contributed by atoms with Gasteiger partial charge in [-0.3, -0.25) is 9.78 Å². The molecule has 2 aromatic heterocycles. The highest BCUT2D eigenvalue weighted by Gasteiger charge is 2.32. The summed E-state index contributed by atoms with van der Waals surface area (Å²) >= 11 is 0. The van der Waals surface area contributed by atoms with Crippen molar-refractivity contribution in [2.45, 2.75) is 19.0 Å². The van der Waals surface area contributed by atoms with E-state index in [0.29, 0.717) is 18.7 Å². The Bertz CT molecular complexity index is 934. The second-order valence-corrected chi connectivity index (χ2v) is 6.41. The highest BCUT2D eigenvalue weighted by Crippen LogP contribution is 2.25. The van der Waals surface area contributed by atoms with E-state index in [2.05, 4.69) is 9.97 Å². The van der Waals surface area contributed by atoms with Gasteiger partial charge in [0, 0.05) is 37.9 Å². The number of carbonyl (C=O) groups is 1. The largest absolute Gasteiger partial charge is 0.383 e. The SMILES string of the molecule is COCC1Cc2c(ncn2C)CN1C(=O)c1cnc2ccccc2c1. The summed E-state index contributed by atoms with van der Waals surface area (Å²) in [6, 6.07) is 9.71. The van der Waals surface area contributed by atoms with Crippen LogP contribution in [0.15, 0.2) is 42.9 Å². The summed E-state index contributed by atoms with van der Waals surface area (Å²) in [5.74, 6) is -0.0309. The van der Waals surface area contributed by atoms with E-state index >= 15 is 0 Å². The Balaban J connectivity index is 1.68. The van der Waals surface area contributed by atoms with E-state index in [1.54, 1.807) is 19.6 Å². The summed E-state index contributed by atoms with van der Waals surface area (Å²) in [6.07, 6.45) is 4.20. The van der Waals surface area contributed by atoms with E-state index in [9.17, 15) is 4.79 Å². The third-order valence-electron chi connectivity index (χ3n) is 4.79. The van der Waals surface area contributed by atoms with Crippen molar-refractivity contribution in [2.75, 3.05) is 13.7 Å². The first-order chi connectivity index (χ1) is 12.2. The molecule has 0 radical (unpaired) electrons. The van der Waals surface area contributed by atoms with Gasteiger partial charge in [0.2, 0.25) is 0 Å². The first-order valence-corrected chi connectivity index (χ1v) is 8.31. The Hall–Kier alpha value is -2.73. The molecule has 0 aliphatic carbocycles. The van der Waals surface area contributed by atoms with E-state index in [1.807, 2.05) is 46.8 Å². The number of para-hydroxylation sites is 1. The van der Waals surface area contributed by atoms with Crippen LogP contribution in [-0.4, -0.2) is 45.1 Å². The smallest absolute Gasteiger partial charge is 0.256 e. The minimum absolute atomic E-state index is 0.00753. The molecule has 0 bridgehead atoms. The molecule has 1 aromatic carbocycles. The molecule has 3 heterocycles. The topological polar surface area (TPSA) is 60.2 Å². The van der Waals surface area contributed by atoms with Gasteiger partial charge in [-0.15, -0.1) is 0 Å². The molecule has 1 atom stereocenters. The predicted octanol–water partition coefficient (Wildman–Crippen LogP) is 2.18. The van der Waals surface area contributed by atoms with Crippen molar-refractivity contribution in [2.24, 2.45) is 7.05 Å². The fourth-order valence-electron chi connectivity index (χ4n) is 3.45. The molecule has 6 nitrogen and oxygen atoms in total. The molecule has 1 amide bonds. The molecule has 1 aliphatic rings. The number of fused-ring (bicyclic) bond motifs is 2. The zero-order chi connectivity index (χ0) is 17.4. The summed E-state index contributed by atoms with van der Waals surface area (Å²) < 4.78 is 7.39. The highest BCUT2D eigenvalue weighted by atomic mass is 16.5. The Morgan fingerprint density at radius 1 is 1.32 bits per heavy atom. The van der Waals surface area contributed by atoms with E-state index in [-0.39, 0.29) is 11.9 Å². The van der Waals surface area contributed by atoms with E-state index in [0.717, 1.165) is 23.0 Å². The van der Waals surface area contributed by atoms with Crippen LogP contribution in [0.5, 0.6) is 0 Å². The lowest BCUT2D eigenvalue weighted by atomic mass is 10.0. The first kappa shape index (κ1) is 15.8. The number of benzene rings is 1. The van der Waals surface area contributed by atoms with Crippen LogP contribution in [0.25, 0.3) is 10.9 Å². The minimum Gasteiger partial charge on any atom is -0.383 e. The number of pyridine rings is 1. The van der Waals surface area contributed by atoms with Crippen molar-refractivity contribution in [3.05, 3.63) is 59.8 Å². The number of carbonyl (C=O) groups excluding carboxylic acids is 1. The van der Waals surface area contributed by atoms with Gasteiger partial charge in [-0.05, 0) is 12.1 Å². The molecule has 6 heteroatoms. The zero-order valence-corrected chi connectivity index (χ0v) is 14.3. The summed E-state index contributed by atoms with van der Waals surface area (Å²) in [4.78, 5) is 23.9. The van der Waals surface area contributed by atoms with Crippen LogP contribution < -0.4 is 0 Å². The van der Waals surface area contributed by atoms with Gasteiger partial charge in [-0.1, -0.05) is 18.2 Å². The summed E-state index contributed by atoms with van der Waals surface area (Å²) in [5, 5.41) is 0.965. The molecule has 0 saturated heterocycles. The van der Waals surface area contributed by atoms with Crippen molar-refractivity contribution in [3.63, 3.8) is 0 Å². The Labute approximate surface area is 146 Å². The highest BCUT2D eigenvalue weighted by molar-refractivity contribution is 5.97. The van der Waals surface area contributed by atoms with Crippen LogP contribution in [0.1, 0.15) is 21.7 Å². The lowest BCUT2D eigenvalue weighted by Crippen LogP contribution is -2.47. The number of nitrogens with zero attached hydrogens (tertiary/aromatic N) is 4. The van der Waals surface area contributed by atoms with Gasteiger partial charge in [-0.25, -0.2) is 4.98 Å². The Morgan fingerprint density at radius 3 is 3.00 bits per heavy atom. The van der Waals surface area contributed by atoms with Crippen molar-refractivity contribution in [1.29, 1.82) is 0 Å². The number of hydrogen-bond acceptors (Lipinski definition) is 4. The van der Waals surface area contributed by atoms with Crippen molar-refractivity contribution in [3.8, 4) is 0 Å². The monoisotopic (exact) mass is 336 g/mol. The van der Waals surface area contributed by atoms with Crippen molar-refractivity contribution < 1.29 is 9.53 Å². The molecule has 3 aromatic rings. The predicted molar refractivity (Wildman–Crippen MR) is 94.2 cm³/mol. The zero-order valence-electron chi connectivity index (χ0n) is 14.3. The van der Waals surface area contributed by atoms with Gasteiger partial charge in [0.25, 0.3) is 5.91 Å². The molecule has 0 fully saturated rings. The van der Waals surface area contributed by atoms with E-state index in [1.165, 1.54) is 5.69 Å². The standard InChI is InChI=1S/C19H20N4O2/c1-22-12-21-17-10-23(15(11-25-2)8-18(17)22)19(24)14-7-13-5-3-4-6-16(13)20-9-14/h3-7,9,12,15H,8,10-11H2,1-2H3. The molecule has 0 N–H and O–H groups in total. The Morgan fingerprint density at radius 2 is 2.16 bits per heavy atom. The second-order valence-electron chi connectivity index (χ2n) is 6.41. The van der Waals surface area contributed by atoms with E-state index in [4.69, 9.17) is 4.74 Å². The van der Waals surface area contributed by atoms with Gasteiger partial charge < -0.3 is 14.2 Å². The van der Waals surface area contributed by atoms with Crippen LogP contribution in [-0.2, 0) is 24.8 Å². The van der Waals surface area contributed by atoms with Crippen molar-refractivity contribution >= 4 is 16.8 Å². The average Bonchev–Trinajstić information content (AvgIpc) is 3.00. The molecule has 25 heavy (non-hydrogen) atoms. The summed E-state index contributed by atoms with van der Waals surface area (Å²) in [7, 11) is 3.65. The molecule has 0 saturated carbocycles. The number of aromatic nitrogens is 3. The van der Waals surface area contributed by atoms with Crippen LogP contribution in [0.4, 0.5) is 0 Å². The average molecular weight is 336 g/mol. The number of imidazole rings is 1. The molecule has 128 valence electrons. The molecular formula is C19H20N4O2. The van der Waals surface area contributed by atoms with E-state index < -0.39 is 0 Å². The minimum atomic E-state index is -0.0309. The molecule has 0 spiro atoms. The third-order valence-corrected chi connectivity index (χ3v) is 4.79. The maximum Gasteiger partial charge on any atom is 0.256 e. The van der Waals surface area contributed by atoms with Gasteiger partial charge in [0.15, 0.2) is 0 Å². The van der Waals surface area contributed by atoms with Crippen molar-refractivity contribution in [1.82, 2.24) is 19.4 Å². The fourth-order valence-corrected chi connectivity index (χ4v) is 3.45. The summed E-state index contributed by atoms with van der Waals surface area (Å²) in [6.45, 7) is 0.993. The third kappa shape index (κ3) is 2.78. The van der Waals surface area contributed by atoms with Crippen LogP contribution >= 0.6 is 0 Å². The quantitative estimate of drug-likeness (QED) is 0.735. The molecule has 1 aliphatic heterocycles. The van der Waals surface area contributed by atoms with Crippen LogP contribution in [0, 0.1) is 0 Å². The number of amides is 1. The number of ether oxygens (including phenoxy) is 1. The number of rotatable bonds is 3. The molecular weight excluding hydrogens is 316 g/mol. The molecule has 1 unspecified atom stereocenters. The first-order valence-electron chi connectivity index (χ1n) is 8.31. The van der Waals surface area contributed by atoms with Crippen LogP contribution in [0.2, 0.25) is 0 Å². The number of aryl methyl sites for hydroxylation is 1. The maximum atomic E-state index is 13.1. The number of hydrogen-bond donors (Lipinski definition) is 0. The fraction of sp³-hybridized carbons (Fsp3) is 0.316. The Kier molecular flexibility index (Phi) is 3.97. The maximum absolute atomic E-state index is 13.1. The normalized spacial score (nSPS) is 16.9.